The van der Waals surface area contributed by atoms with Crippen LogP contribution in [0.15, 0.2) is 116 Å². The van der Waals surface area contributed by atoms with Crippen LogP contribution >= 0.6 is 0 Å². The molecule has 7 atom stereocenters. The van der Waals surface area contributed by atoms with Crippen LogP contribution in [0.4, 0.5) is 0 Å². The highest BCUT2D eigenvalue weighted by molar-refractivity contribution is 5.98. The number of nitrogens with two attached hydrogens (primary N) is 1. The number of likely N-dealkylation sites (N-methyl/N-ethyl adjacent to an activating group) is 2. The standard InChI is InChI=1S/C60H78N10O8/c1-11-60(7,8)70-36-42(43-22-17-18-23-49(43)70)35-48(66-53(71)44(61)32-40-20-14-12-15-21-40)57(75)68(10)51(30-37(2)3)55(73)65-47(34-41-25-26-45-46(33-41)63-28-27-62-45)54(72)64-39(6)56(74)67(9)50-24-16-13-19-29-69(58(50)76)52(59(77)78)31-38(4)5/h11-18,20-23,25-28,33,36-39,44,47-48,50-52H,1,19,24,29-32,34-35,61H2,2-10H3,(H,64,72)(H,65,73)(H,66,71)(H,77,78)/b16-13-/t39-,44-,47-,48-,50-,51-,52-/m0/s1. The number of carboxylic acid groups (broad SMARTS) is 1. The lowest BCUT2D eigenvalue weighted by atomic mass is 9.98. The maximum Gasteiger partial charge on any atom is 0.326 e. The van der Waals surface area contributed by atoms with E-state index in [-0.39, 0.29) is 56.9 Å². The smallest absolute Gasteiger partial charge is 0.326 e. The highest BCUT2D eigenvalue weighted by Gasteiger charge is 2.40. The normalized spacial score (nSPS) is 16.7. The number of allylic oxidation sites excluding steroid dienone is 1. The van der Waals surface area contributed by atoms with Gasteiger partial charge in [0.25, 0.3) is 0 Å². The Bertz CT molecular complexity index is 2990. The SMILES string of the molecule is C=CC(C)(C)n1cc(C[C@H](NC(=O)[C@@H](N)Cc2ccccc2)C(=O)N(C)[C@@H](CC(C)C)C(=O)N[C@@H](Cc2ccc3nccnc3c2)C(=O)N[C@@H](C)C(=O)N(C)[C@H]2C/C=C\CCN([C@@H](CC(C)C)C(=O)O)C2=O)c2ccccc21. The van der Waals surface area contributed by atoms with Crippen LogP contribution in [0.2, 0.25) is 0 Å². The van der Waals surface area contributed by atoms with Gasteiger partial charge in [0.2, 0.25) is 35.4 Å². The number of amides is 6. The summed E-state index contributed by atoms with van der Waals surface area (Å²) in [6, 6.07) is 14.3. The predicted octanol–water partition coefficient (Wildman–Crippen LogP) is 5.71. The second-order valence-corrected chi connectivity index (χ2v) is 21.9. The highest BCUT2D eigenvalue weighted by Crippen LogP contribution is 2.30. The van der Waals surface area contributed by atoms with E-state index in [9.17, 15) is 29.1 Å². The molecule has 0 bridgehead atoms. The van der Waals surface area contributed by atoms with Crippen LogP contribution in [0, 0.1) is 11.8 Å². The van der Waals surface area contributed by atoms with Gasteiger partial charge in [-0.1, -0.05) is 101 Å². The molecule has 1 aliphatic heterocycles. The first kappa shape index (κ1) is 59.5. The fourth-order valence-corrected chi connectivity index (χ4v) is 10.0. The second-order valence-electron chi connectivity index (χ2n) is 21.9. The zero-order chi connectivity index (χ0) is 57.0. The molecule has 0 saturated heterocycles. The number of hydrogen-bond acceptors (Lipinski definition) is 10. The van der Waals surface area contributed by atoms with Crippen molar-refractivity contribution in [1.82, 2.24) is 45.2 Å². The van der Waals surface area contributed by atoms with Crippen LogP contribution in [-0.2, 0) is 58.4 Å². The van der Waals surface area contributed by atoms with Crippen LogP contribution in [0.5, 0.6) is 0 Å². The lowest BCUT2D eigenvalue weighted by Crippen LogP contribution is -2.60. The number of aliphatic carboxylic acids is 1. The highest BCUT2D eigenvalue weighted by atomic mass is 16.4. The van der Waals surface area contributed by atoms with Gasteiger partial charge in [0.15, 0.2) is 0 Å². The summed E-state index contributed by atoms with van der Waals surface area (Å²) >= 11 is 0. The molecule has 18 heteroatoms. The molecule has 0 fully saturated rings. The van der Waals surface area contributed by atoms with Crippen molar-refractivity contribution in [3.05, 3.63) is 133 Å². The zero-order valence-electron chi connectivity index (χ0n) is 46.5. The first-order valence-electron chi connectivity index (χ1n) is 26.9. The number of fused-ring (bicyclic) bond motifs is 2. The maximum absolute atomic E-state index is 15.2. The molecule has 0 unspecified atom stereocenters. The minimum atomic E-state index is -1.31. The van der Waals surface area contributed by atoms with Crippen molar-refractivity contribution < 1.29 is 38.7 Å². The number of para-hydroxylation sites is 1. The van der Waals surface area contributed by atoms with E-state index in [1.165, 1.54) is 35.7 Å². The molecule has 1 aliphatic rings. The molecule has 78 heavy (non-hydrogen) atoms. The number of nitrogens with zero attached hydrogens (tertiary/aromatic N) is 6. The first-order valence-corrected chi connectivity index (χ1v) is 26.9. The van der Waals surface area contributed by atoms with E-state index in [0.717, 1.165) is 22.0 Å². The Morgan fingerprint density at radius 2 is 1.44 bits per heavy atom. The quantitative estimate of drug-likeness (QED) is 0.0469. The predicted molar refractivity (Wildman–Crippen MR) is 302 cm³/mol. The number of carboxylic acids is 1. The monoisotopic (exact) mass is 1070 g/mol. The van der Waals surface area contributed by atoms with Crippen LogP contribution in [0.1, 0.15) is 90.8 Å². The van der Waals surface area contributed by atoms with Gasteiger partial charge < -0.3 is 46.1 Å². The average Bonchev–Trinajstić information content (AvgIpc) is 3.80. The summed E-state index contributed by atoms with van der Waals surface area (Å²) < 4.78 is 2.07. The van der Waals surface area contributed by atoms with Gasteiger partial charge in [-0.3, -0.25) is 38.7 Å². The summed E-state index contributed by atoms with van der Waals surface area (Å²) in [6.45, 7) is 17.3. The summed E-state index contributed by atoms with van der Waals surface area (Å²) in [7, 11) is 2.95. The van der Waals surface area contributed by atoms with Crippen LogP contribution < -0.4 is 21.7 Å². The molecule has 5 aromatic rings. The summed E-state index contributed by atoms with van der Waals surface area (Å²) in [4.78, 5) is 113. The van der Waals surface area contributed by atoms with Gasteiger partial charge >= 0.3 is 5.97 Å². The third kappa shape index (κ3) is 14.8. The molecule has 3 aromatic carbocycles. The number of rotatable bonds is 24. The van der Waals surface area contributed by atoms with Gasteiger partial charge in [-0.05, 0) is 99.6 Å². The Hall–Kier alpha value is -7.73. The molecule has 0 radical (unpaired) electrons. The molecule has 6 rings (SSSR count). The molecule has 2 aromatic heterocycles. The third-order valence-corrected chi connectivity index (χ3v) is 14.5. The molecule has 416 valence electrons. The molecule has 0 aliphatic carbocycles. The minimum absolute atomic E-state index is 0.0227. The first-order chi connectivity index (χ1) is 37.0. The van der Waals surface area contributed by atoms with Gasteiger partial charge in [-0.15, -0.1) is 6.58 Å². The molecular weight excluding hydrogens is 989 g/mol. The average molecular weight is 1070 g/mol. The Labute approximate surface area is 457 Å². The molecular formula is C60H78N10O8. The van der Waals surface area contributed by atoms with Crippen LogP contribution in [-0.4, -0.2) is 139 Å². The number of aromatic nitrogens is 3. The van der Waals surface area contributed by atoms with Crippen LogP contribution in [0.25, 0.3) is 21.9 Å². The van der Waals surface area contributed by atoms with Crippen molar-refractivity contribution >= 4 is 63.3 Å². The third-order valence-electron chi connectivity index (χ3n) is 14.5. The fraction of sp³-hybridized carbons (Fsp3) is 0.450. The number of benzene rings is 3. The van der Waals surface area contributed by atoms with E-state index in [2.05, 4.69) is 37.1 Å². The minimum Gasteiger partial charge on any atom is -0.480 e. The number of carbonyl (C=O) groups is 7. The Morgan fingerprint density at radius 1 is 0.782 bits per heavy atom. The van der Waals surface area contributed by atoms with Crippen molar-refractivity contribution in [1.29, 1.82) is 0 Å². The fourth-order valence-electron chi connectivity index (χ4n) is 10.0. The molecule has 0 spiro atoms. The summed E-state index contributed by atoms with van der Waals surface area (Å²) in [5.74, 6) is -4.93. The zero-order valence-corrected chi connectivity index (χ0v) is 46.5. The Kier molecular flexibility index (Phi) is 20.3. The largest absolute Gasteiger partial charge is 0.480 e. The van der Waals surface area contributed by atoms with E-state index in [0.29, 0.717) is 23.0 Å². The van der Waals surface area contributed by atoms with E-state index in [1.807, 2.05) is 114 Å². The molecule has 18 nitrogen and oxygen atoms in total. The Balaban J connectivity index is 1.30. The van der Waals surface area contributed by atoms with Crippen LogP contribution in [0.3, 0.4) is 0 Å². The second kappa shape index (κ2) is 26.6. The molecule has 0 saturated carbocycles. The number of hydrogen-bond donors (Lipinski definition) is 5. The lowest BCUT2D eigenvalue weighted by Gasteiger charge is -2.37. The number of carbonyl (C=O) groups excluding carboxylic acids is 6. The topological polar surface area (TPSA) is 242 Å². The van der Waals surface area contributed by atoms with E-state index < -0.39 is 89.2 Å². The lowest BCUT2D eigenvalue weighted by molar-refractivity contribution is -0.155. The van der Waals surface area contributed by atoms with E-state index in [4.69, 9.17) is 5.73 Å². The number of nitrogens with one attached hydrogen (secondary N) is 3. The van der Waals surface area contributed by atoms with Gasteiger partial charge in [0, 0.05) is 63.0 Å². The van der Waals surface area contributed by atoms with Crippen molar-refractivity contribution in [3.8, 4) is 0 Å². The van der Waals surface area contributed by atoms with Crippen molar-refractivity contribution in [3.63, 3.8) is 0 Å². The van der Waals surface area contributed by atoms with Gasteiger partial charge in [0.05, 0.1) is 22.6 Å². The molecule has 6 N–H and O–H groups in total. The van der Waals surface area contributed by atoms with Gasteiger partial charge in [-0.2, -0.15) is 0 Å². The van der Waals surface area contributed by atoms with E-state index >= 15 is 9.59 Å². The Morgan fingerprint density at radius 3 is 2.10 bits per heavy atom. The van der Waals surface area contributed by atoms with Gasteiger partial charge in [-0.25, -0.2) is 4.79 Å². The van der Waals surface area contributed by atoms with Crippen molar-refractivity contribution in [2.75, 3.05) is 20.6 Å². The van der Waals surface area contributed by atoms with Crippen molar-refractivity contribution in [2.45, 2.75) is 141 Å². The summed E-state index contributed by atoms with van der Waals surface area (Å²) in [5.41, 5.74) is 10.3. The maximum atomic E-state index is 15.2. The summed E-state index contributed by atoms with van der Waals surface area (Å²) in [6.07, 6.45) is 11.7. The van der Waals surface area contributed by atoms with Crippen molar-refractivity contribution in [2.24, 2.45) is 17.6 Å². The summed E-state index contributed by atoms with van der Waals surface area (Å²) in [5, 5.41) is 19.7. The molecule has 3 heterocycles. The van der Waals surface area contributed by atoms with E-state index in [1.54, 1.807) is 36.7 Å². The molecule has 6 amide bonds. The van der Waals surface area contributed by atoms with Gasteiger partial charge in [0.1, 0.15) is 36.3 Å².